The van der Waals surface area contributed by atoms with Crippen LogP contribution in [0.5, 0.6) is 0 Å². The normalized spacial score (nSPS) is 11.1. The molecule has 0 aliphatic heterocycles. The molecule has 3 heterocycles. The zero-order valence-corrected chi connectivity index (χ0v) is 11.7. The van der Waals surface area contributed by atoms with Crippen molar-refractivity contribution in [2.75, 3.05) is 0 Å². The number of nitrogens with zero attached hydrogens (tertiary/aromatic N) is 4. The Hall–Kier alpha value is -3.08. The number of fused-ring (bicyclic) bond motifs is 2. The molecule has 5 nitrogen and oxygen atoms in total. The average molecular weight is 288 g/mol. The minimum atomic E-state index is -0.0793. The van der Waals surface area contributed by atoms with Crippen LogP contribution in [-0.4, -0.2) is 19.5 Å². The molecule has 0 N–H and O–H groups in total. The van der Waals surface area contributed by atoms with Gasteiger partial charge in [-0.15, -0.1) is 0 Å². The lowest BCUT2D eigenvalue weighted by Gasteiger charge is -2.07. The third kappa shape index (κ3) is 2.13. The summed E-state index contributed by atoms with van der Waals surface area (Å²) in [7, 11) is 0. The molecule has 0 radical (unpaired) electrons. The Morgan fingerprint density at radius 2 is 1.82 bits per heavy atom. The average Bonchev–Trinajstić information content (AvgIpc) is 2.57. The van der Waals surface area contributed by atoms with Gasteiger partial charge >= 0.3 is 0 Å². The van der Waals surface area contributed by atoms with E-state index < -0.39 is 0 Å². The minimum absolute atomic E-state index is 0.0793. The van der Waals surface area contributed by atoms with Crippen LogP contribution in [0.15, 0.2) is 66.0 Å². The van der Waals surface area contributed by atoms with Gasteiger partial charge < -0.3 is 0 Å². The van der Waals surface area contributed by atoms with Crippen LogP contribution in [0.2, 0.25) is 0 Å². The van der Waals surface area contributed by atoms with Crippen molar-refractivity contribution in [2.24, 2.45) is 0 Å². The molecule has 3 aromatic heterocycles. The van der Waals surface area contributed by atoms with Crippen LogP contribution in [0.1, 0.15) is 5.56 Å². The van der Waals surface area contributed by atoms with Gasteiger partial charge in [0, 0.05) is 17.8 Å². The molecule has 0 aliphatic carbocycles. The number of aromatic nitrogens is 4. The molecule has 4 aromatic rings. The van der Waals surface area contributed by atoms with Crippen LogP contribution in [-0.2, 0) is 6.54 Å². The van der Waals surface area contributed by atoms with E-state index in [-0.39, 0.29) is 5.56 Å². The topological polar surface area (TPSA) is 60.7 Å². The molecule has 0 unspecified atom stereocenters. The Morgan fingerprint density at radius 1 is 0.955 bits per heavy atom. The Kier molecular flexibility index (Phi) is 2.89. The van der Waals surface area contributed by atoms with E-state index >= 15 is 0 Å². The van der Waals surface area contributed by atoms with E-state index in [2.05, 4.69) is 15.0 Å². The van der Waals surface area contributed by atoms with Crippen molar-refractivity contribution in [3.63, 3.8) is 0 Å². The first kappa shape index (κ1) is 12.6. The van der Waals surface area contributed by atoms with Crippen molar-refractivity contribution in [3.8, 4) is 0 Å². The fourth-order valence-electron chi connectivity index (χ4n) is 2.53. The molecule has 0 saturated carbocycles. The second-order valence-corrected chi connectivity index (χ2v) is 5.08. The Labute approximate surface area is 125 Å². The summed E-state index contributed by atoms with van der Waals surface area (Å²) in [5, 5.41) is 1.59. The van der Waals surface area contributed by atoms with E-state index in [4.69, 9.17) is 0 Å². The molecular weight excluding hydrogens is 276 g/mol. The molecule has 0 aliphatic rings. The molecule has 0 bridgehead atoms. The van der Waals surface area contributed by atoms with Gasteiger partial charge in [0.25, 0.3) is 5.56 Å². The van der Waals surface area contributed by atoms with Crippen LogP contribution >= 0.6 is 0 Å². The standard InChI is InChI=1S/C17H12N4O/c22-17-14-4-2-8-19-16(14)20-11-21(17)10-12-5-6-15-13(9-12)3-1-7-18-15/h1-9,11H,10H2. The first-order valence-corrected chi connectivity index (χ1v) is 6.95. The summed E-state index contributed by atoms with van der Waals surface area (Å²) in [6.07, 6.45) is 4.95. The summed E-state index contributed by atoms with van der Waals surface area (Å²) in [6, 6.07) is 13.4. The van der Waals surface area contributed by atoms with Gasteiger partial charge in [-0.05, 0) is 35.9 Å². The fraction of sp³-hybridized carbons (Fsp3) is 0.0588. The van der Waals surface area contributed by atoms with Gasteiger partial charge in [0.1, 0.15) is 6.33 Å². The van der Waals surface area contributed by atoms with Crippen molar-refractivity contribution in [2.45, 2.75) is 6.54 Å². The van der Waals surface area contributed by atoms with Crippen molar-refractivity contribution < 1.29 is 0 Å². The summed E-state index contributed by atoms with van der Waals surface area (Å²) in [5.74, 6) is 0. The van der Waals surface area contributed by atoms with Gasteiger partial charge in [-0.3, -0.25) is 14.3 Å². The van der Waals surface area contributed by atoms with Crippen molar-refractivity contribution >= 4 is 21.9 Å². The second-order valence-electron chi connectivity index (χ2n) is 5.08. The maximum Gasteiger partial charge on any atom is 0.263 e. The maximum absolute atomic E-state index is 12.5. The van der Waals surface area contributed by atoms with Gasteiger partial charge in [-0.1, -0.05) is 12.1 Å². The molecule has 4 rings (SSSR count). The summed E-state index contributed by atoms with van der Waals surface area (Å²) in [4.78, 5) is 25.1. The number of hydrogen-bond acceptors (Lipinski definition) is 4. The number of pyridine rings is 2. The number of rotatable bonds is 2. The highest BCUT2D eigenvalue weighted by Crippen LogP contribution is 2.14. The lowest BCUT2D eigenvalue weighted by atomic mass is 10.1. The molecule has 0 amide bonds. The molecule has 0 fully saturated rings. The highest BCUT2D eigenvalue weighted by atomic mass is 16.1. The zero-order valence-electron chi connectivity index (χ0n) is 11.7. The van der Waals surface area contributed by atoms with Crippen LogP contribution in [0.3, 0.4) is 0 Å². The van der Waals surface area contributed by atoms with Crippen molar-refractivity contribution in [1.82, 2.24) is 19.5 Å². The van der Waals surface area contributed by atoms with Gasteiger partial charge in [0.2, 0.25) is 0 Å². The number of hydrogen-bond donors (Lipinski definition) is 0. The summed E-state index contributed by atoms with van der Waals surface area (Å²) in [5.41, 5.74) is 2.38. The van der Waals surface area contributed by atoms with Crippen LogP contribution in [0, 0.1) is 0 Å². The quantitative estimate of drug-likeness (QED) is 0.568. The van der Waals surface area contributed by atoms with E-state index in [1.54, 1.807) is 35.4 Å². The van der Waals surface area contributed by atoms with Crippen LogP contribution in [0.25, 0.3) is 21.9 Å². The highest BCUT2D eigenvalue weighted by molar-refractivity contribution is 5.79. The largest absolute Gasteiger partial charge is 0.294 e. The Bertz CT molecular complexity index is 1040. The molecule has 106 valence electrons. The molecule has 22 heavy (non-hydrogen) atoms. The van der Waals surface area contributed by atoms with Crippen LogP contribution in [0.4, 0.5) is 0 Å². The Balaban J connectivity index is 1.79. The van der Waals surface area contributed by atoms with Crippen molar-refractivity contribution in [1.29, 1.82) is 0 Å². The minimum Gasteiger partial charge on any atom is -0.294 e. The summed E-state index contributed by atoms with van der Waals surface area (Å²) >= 11 is 0. The third-order valence-electron chi connectivity index (χ3n) is 3.62. The van der Waals surface area contributed by atoms with E-state index in [9.17, 15) is 4.79 Å². The Morgan fingerprint density at radius 3 is 2.77 bits per heavy atom. The molecule has 0 saturated heterocycles. The summed E-state index contributed by atoms with van der Waals surface area (Å²) < 4.78 is 1.60. The van der Waals surface area contributed by atoms with Crippen molar-refractivity contribution in [3.05, 3.63) is 77.1 Å². The lowest BCUT2D eigenvalue weighted by Crippen LogP contribution is -2.21. The first-order valence-electron chi connectivity index (χ1n) is 6.95. The molecule has 0 atom stereocenters. The first-order chi connectivity index (χ1) is 10.8. The van der Waals surface area contributed by atoms with Gasteiger partial charge in [-0.2, -0.15) is 0 Å². The third-order valence-corrected chi connectivity index (χ3v) is 3.62. The van der Waals surface area contributed by atoms with Gasteiger partial charge in [0.15, 0.2) is 5.65 Å². The molecule has 1 aromatic carbocycles. The molecule has 5 heteroatoms. The highest BCUT2D eigenvalue weighted by Gasteiger charge is 2.05. The summed E-state index contributed by atoms with van der Waals surface area (Å²) in [6.45, 7) is 0.474. The van der Waals surface area contributed by atoms with E-state index in [0.717, 1.165) is 16.5 Å². The van der Waals surface area contributed by atoms with E-state index in [1.165, 1.54) is 0 Å². The monoisotopic (exact) mass is 288 g/mol. The van der Waals surface area contributed by atoms with Crippen LogP contribution < -0.4 is 5.56 Å². The zero-order chi connectivity index (χ0) is 14.9. The molecular formula is C17H12N4O. The number of benzene rings is 1. The maximum atomic E-state index is 12.5. The SMILES string of the molecule is O=c1c2cccnc2ncn1Cc1ccc2ncccc2c1. The molecule has 0 spiro atoms. The lowest BCUT2D eigenvalue weighted by molar-refractivity contribution is 0.747. The predicted octanol–water partition coefficient (Wildman–Crippen LogP) is 2.39. The van der Waals surface area contributed by atoms with E-state index in [0.29, 0.717) is 17.6 Å². The second kappa shape index (κ2) is 5.04. The fourth-order valence-corrected chi connectivity index (χ4v) is 2.53. The smallest absolute Gasteiger partial charge is 0.263 e. The predicted molar refractivity (Wildman–Crippen MR) is 84.6 cm³/mol. The van der Waals surface area contributed by atoms with Gasteiger partial charge in [-0.25, -0.2) is 9.97 Å². The van der Waals surface area contributed by atoms with Gasteiger partial charge in [0.05, 0.1) is 17.4 Å². The van der Waals surface area contributed by atoms with E-state index in [1.807, 2.05) is 30.3 Å².